The number of nitrogens with two attached hydrogens (primary N) is 1. The smallest absolute Gasteiger partial charge is 0.410 e. The molecular weight excluding hydrogens is 336 g/mol. The Morgan fingerprint density at radius 1 is 1.24 bits per heavy atom. The van der Waals surface area contributed by atoms with Crippen LogP contribution < -0.4 is 15.8 Å². The van der Waals surface area contributed by atoms with Gasteiger partial charge in [0.05, 0.1) is 4.92 Å². The highest BCUT2D eigenvalue weighted by Crippen LogP contribution is 2.19. The summed E-state index contributed by atoms with van der Waals surface area (Å²) in [5.74, 6) is -0.0740. The molecule has 2 rings (SSSR count). The van der Waals surface area contributed by atoms with Gasteiger partial charge in [0.1, 0.15) is 10.9 Å². The van der Waals surface area contributed by atoms with Gasteiger partial charge in [-0.25, -0.2) is 14.9 Å². The molecule has 3 N–H and O–H groups in total. The summed E-state index contributed by atoms with van der Waals surface area (Å²) >= 11 is 0. The number of non-ortho nitro benzene ring substituents is 1. The molecule has 1 aliphatic heterocycles. The Kier molecular flexibility index (Phi) is 5.66. The van der Waals surface area contributed by atoms with Crippen LogP contribution in [0.5, 0.6) is 5.75 Å². The van der Waals surface area contributed by atoms with Crippen LogP contribution in [0.15, 0.2) is 29.4 Å². The van der Waals surface area contributed by atoms with Crippen molar-refractivity contribution < 1.29 is 19.5 Å². The standard InChI is InChI=1S/C13H16N6O6/c14-12(16-19(23)24)15-9-5-7-17(8-6-9)13(20)25-11-3-1-10(2-4-11)18(21)22/h1-4,9H,5-8H2,(H3,14,15,16). The summed E-state index contributed by atoms with van der Waals surface area (Å²) < 4.78 is 5.16. The molecule has 1 aliphatic rings. The van der Waals surface area contributed by atoms with E-state index in [2.05, 4.69) is 10.4 Å². The number of guanidine groups is 1. The summed E-state index contributed by atoms with van der Waals surface area (Å²) in [7, 11) is 0. The van der Waals surface area contributed by atoms with Crippen molar-refractivity contribution in [3.63, 3.8) is 0 Å². The van der Waals surface area contributed by atoms with Crippen LogP contribution in [-0.2, 0) is 0 Å². The second-order valence-corrected chi connectivity index (χ2v) is 5.25. The average molecular weight is 352 g/mol. The van der Waals surface area contributed by atoms with Crippen molar-refractivity contribution in [3.05, 3.63) is 44.5 Å². The number of nitro benzene ring substituents is 1. The third-order valence-electron chi connectivity index (χ3n) is 3.55. The largest absolute Gasteiger partial charge is 0.415 e. The fourth-order valence-electron chi connectivity index (χ4n) is 2.33. The molecule has 1 heterocycles. The van der Waals surface area contributed by atoms with Crippen LogP contribution in [0, 0.1) is 20.2 Å². The van der Waals surface area contributed by atoms with Gasteiger partial charge in [0, 0.05) is 31.3 Å². The van der Waals surface area contributed by atoms with Gasteiger partial charge in [-0.1, -0.05) is 0 Å². The van der Waals surface area contributed by atoms with Crippen LogP contribution in [0.1, 0.15) is 12.8 Å². The fourth-order valence-corrected chi connectivity index (χ4v) is 2.33. The number of nitrogens with one attached hydrogen (secondary N) is 1. The number of hydrogen-bond acceptors (Lipinski definition) is 6. The van der Waals surface area contributed by atoms with Crippen molar-refractivity contribution in [1.82, 2.24) is 10.2 Å². The Morgan fingerprint density at radius 3 is 2.36 bits per heavy atom. The zero-order chi connectivity index (χ0) is 18.4. The lowest BCUT2D eigenvalue weighted by molar-refractivity contribution is -0.485. The van der Waals surface area contributed by atoms with Crippen LogP contribution >= 0.6 is 0 Å². The molecule has 0 spiro atoms. The summed E-state index contributed by atoms with van der Waals surface area (Å²) in [4.78, 5) is 33.8. The second kappa shape index (κ2) is 7.90. The Bertz CT molecular complexity index is 683. The van der Waals surface area contributed by atoms with E-state index in [1.165, 1.54) is 29.2 Å². The highest BCUT2D eigenvalue weighted by molar-refractivity contribution is 5.77. The van der Waals surface area contributed by atoms with Gasteiger partial charge < -0.3 is 20.7 Å². The predicted octanol–water partition coefficient (Wildman–Crippen LogP) is 0.654. The first-order valence-corrected chi connectivity index (χ1v) is 7.31. The SMILES string of the molecule is NC(=N[N+](=O)[O-])NC1CCN(C(=O)Oc2ccc([N+](=O)[O-])cc2)CC1. The lowest BCUT2D eigenvalue weighted by atomic mass is 10.1. The van der Waals surface area contributed by atoms with Crippen LogP contribution in [0.2, 0.25) is 0 Å². The number of nitro groups is 2. The first-order chi connectivity index (χ1) is 11.8. The topological polar surface area (TPSA) is 166 Å². The third-order valence-corrected chi connectivity index (χ3v) is 3.55. The lowest BCUT2D eigenvalue weighted by Crippen LogP contribution is -2.49. The van der Waals surface area contributed by atoms with Gasteiger partial charge in [0.15, 0.2) is 5.03 Å². The normalized spacial score (nSPS) is 15.5. The monoisotopic (exact) mass is 352 g/mol. The minimum Gasteiger partial charge on any atom is -0.410 e. The number of hydrazone groups is 1. The molecule has 1 saturated heterocycles. The molecule has 134 valence electrons. The van der Waals surface area contributed by atoms with Gasteiger partial charge in [0.25, 0.3) is 11.6 Å². The molecule has 0 aromatic heterocycles. The molecule has 1 aromatic carbocycles. The third kappa shape index (κ3) is 5.30. The Labute approximate surface area is 141 Å². The van der Waals surface area contributed by atoms with E-state index in [0.29, 0.717) is 25.9 Å². The van der Waals surface area contributed by atoms with Gasteiger partial charge in [0.2, 0.25) is 0 Å². The first-order valence-electron chi connectivity index (χ1n) is 7.31. The van der Waals surface area contributed by atoms with Gasteiger partial charge >= 0.3 is 6.09 Å². The van der Waals surface area contributed by atoms with E-state index < -0.39 is 16.0 Å². The van der Waals surface area contributed by atoms with Gasteiger partial charge in [-0.2, -0.15) is 0 Å². The number of piperidine rings is 1. The van der Waals surface area contributed by atoms with Gasteiger partial charge in [-0.05, 0) is 25.0 Å². The van der Waals surface area contributed by atoms with Crippen molar-refractivity contribution in [2.24, 2.45) is 10.8 Å². The highest BCUT2D eigenvalue weighted by atomic mass is 16.7. The van der Waals surface area contributed by atoms with Gasteiger partial charge in [-0.15, -0.1) is 0 Å². The van der Waals surface area contributed by atoms with Crippen molar-refractivity contribution in [2.75, 3.05) is 13.1 Å². The summed E-state index contributed by atoms with van der Waals surface area (Å²) in [5.41, 5.74) is 5.28. The van der Waals surface area contributed by atoms with Crippen molar-refractivity contribution in [2.45, 2.75) is 18.9 Å². The zero-order valence-corrected chi connectivity index (χ0v) is 13.0. The summed E-state index contributed by atoms with van der Waals surface area (Å²) in [6.45, 7) is 0.741. The minimum atomic E-state index is -0.890. The molecule has 1 aromatic rings. The minimum absolute atomic E-state index is 0.0966. The van der Waals surface area contributed by atoms with Crippen LogP contribution in [-0.4, -0.2) is 46.0 Å². The van der Waals surface area contributed by atoms with E-state index in [9.17, 15) is 25.0 Å². The van der Waals surface area contributed by atoms with E-state index >= 15 is 0 Å². The quantitative estimate of drug-likeness (QED) is 0.345. The van der Waals surface area contributed by atoms with Crippen molar-refractivity contribution in [3.8, 4) is 5.75 Å². The summed E-state index contributed by atoms with van der Waals surface area (Å²) in [5, 5.41) is 25.6. The molecule has 0 radical (unpaired) electrons. The number of hydrogen-bond donors (Lipinski definition) is 2. The van der Waals surface area contributed by atoms with Gasteiger partial charge in [-0.3, -0.25) is 10.1 Å². The molecule has 1 amide bonds. The number of nitrogens with zero attached hydrogens (tertiary/aromatic N) is 4. The highest BCUT2D eigenvalue weighted by Gasteiger charge is 2.25. The van der Waals surface area contributed by atoms with E-state index in [4.69, 9.17) is 10.5 Å². The molecular formula is C13H16N6O6. The van der Waals surface area contributed by atoms with E-state index in [-0.39, 0.29) is 23.4 Å². The Hall–Kier alpha value is -3.44. The van der Waals surface area contributed by atoms with Crippen LogP contribution in [0.4, 0.5) is 10.5 Å². The fraction of sp³-hybridized carbons (Fsp3) is 0.385. The number of likely N-dealkylation sites (tertiary alicyclic amines) is 1. The predicted molar refractivity (Wildman–Crippen MR) is 85.5 cm³/mol. The van der Waals surface area contributed by atoms with E-state index in [0.717, 1.165) is 0 Å². The number of rotatable bonds is 4. The maximum Gasteiger partial charge on any atom is 0.415 e. The molecule has 0 saturated carbocycles. The van der Waals surface area contributed by atoms with Crippen molar-refractivity contribution in [1.29, 1.82) is 0 Å². The molecule has 0 atom stereocenters. The zero-order valence-electron chi connectivity index (χ0n) is 13.0. The molecule has 0 aliphatic carbocycles. The number of amides is 1. The number of carbonyl (C=O) groups excluding carboxylic acids is 1. The molecule has 12 nitrogen and oxygen atoms in total. The molecule has 25 heavy (non-hydrogen) atoms. The Balaban J connectivity index is 1.82. The Morgan fingerprint density at radius 2 is 1.84 bits per heavy atom. The van der Waals surface area contributed by atoms with E-state index in [1.807, 2.05) is 0 Å². The average Bonchev–Trinajstić information content (AvgIpc) is 2.55. The number of ether oxygens (including phenoxy) is 1. The summed E-state index contributed by atoms with van der Waals surface area (Å²) in [6, 6.07) is 5.05. The maximum atomic E-state index is 12.1. The van der Waals surface area contributed by atoms with E-state index in [1.54, 1.807) is 0 Å². The van der Waals surface area contributed by atoms with Crippen molar-refractivity contribution >= 4 is 17.7 Å². The number of carbonyl (C=O) groups is 1. The number of benzene rings is 1. The molecule has 1 fully saturated rings. The molecule has 0 unspecified atom stereocenters. The van der Waals surface area contributed by atoms with Crippen LogP contribution in [0.3, 0.4) is 0 Å². The van der Waals surface area contributed by atoms with Crippen LogP contribution in [0.25, 0.3) is 0 Å². The first kappa shape index (κ1) is 17.9. The second-order valence-electron chi connectivity index (χ2n) is 5.25. The molecule has 12 heteroatoms. The lowest BCUT2D eigenvalue weighted by Gasteiger charge is -2.31. The molecule has 0 bridgehead atoms. The summed E-state index contributed by atoms with van der Waals surface area (Å²) in [6.07, 6.45) is 0.464. The maximum absolute atomic E-state index is 12.1.